The molecule has 0 saturated carbocycles. The second kappa shape index (κ2) is 11.0. The highest BCUT2D eigenvalue weighted by molar-refractivity contribution is 5.94. The molecule has 0 unspecified atom stereocenters. The number of benzene rings is 1. The summed E-state index contributed by atoms with van der Waals surface area (Å²) in [4.78, 5) is 26.1. The van der Waals surface area contributed by atoms with Gasteiger partial charge in [-0.05, 0) is 37.8 Å². The number of ether oxygens (including phenoxy) is 1. The zero-order chi connectivity index (χ0) is 19.6. The zero-order valence-corrected chi connectivity index (χ0v) is 15.8. The van der Waals surface area contributed by atoms with E-state index < -0.39 is 17.5 Å². The normalized spacial score (nSPS) is 15.0. The Balaban J connectivity index is 1.70. The van der Waals surface area contributed by atoms with E-state index in [1.165, 1.54) is 4.90 Å². The molecule has 1 heterocycles. The minimum atomic E-state index is -0.860. The maximum absolute atomic E-state index is 13.8. The molecule has 1 aliphatic rings. The standard InChI is InChI=1S/C20H28F2N2O3/c1-2-3-12-27-13-4-9-23-19(25)15-7-10-24(11-8-15)20(26)17-6-5-16(21)14-18(17)22/h5-6,14-15H,2-4,7-13H2,1H3,(H,23,25). The third kappa shape index (κ3) is 6.57. The van der Waals surface area contributed by atoms with Crippen LogP contribution in [0.2, 0.25) is 0 Å². The van der Waals surface area contributed by atoms with E-state index in [0.717, 1.165) is 38.0 Å². The van der Waals surface area contributed by atoms with Gasteiger partial charge in [0, 0.05) is 44.8 Å². The minimum Gasteiger partial charge on any atom is -0.381 e. The third-order valence-electron chi connectivity index (χ3n) is 4.72. The van der Waals surface area contributed by atoms with Crippen LogP contribution in [0.1, 0.15) is 49.4 Å². The first-order valence-corrected chi connectivity index (χ1v) is 9.62. The summed E-state index contributed by atoms with van der Waals surface area (Å²) >= 11 is 0. The Bertz CT molecular complexity index is 632. The first-order valence-electron chi connectivity index (χ1n) is 9.62. The van der Waals surface area contributed by atoms with Crippen LogP contribution in [0.4, 0.5) is 8.78 Å². The number of carbonyl (C=O) groups is 2. The van der Waals surface area contributed by atoms with Gasteiger partial charge in [0.05, 0.1) is 5.56 Å². The molecule has 1 aromatic rings. The molecule has 1 fully saturated rings. The average molecular weight is 382 g/mol. The van der Waals surface area contributed by atoms with E-state index in [4.69, 9.17) is 4.74 Å². The summed E-state index contributed by atoms with van der Waals surface area (Å²) in [6, 6.07) is 2.94. The quantitative estimate of drug-likeness (QED) is 0.668. The number of rotatable bonds is 9. The second-order valence-electron chi connectivity index (χ2n) is 6.80. The maximum Gasteiger partial charge on any atom is 0.256 e. The largest absolute Gasteiger partial charge is 0.381 e. The molecule has 2 amide bonds. The van der Waals surface area contributed by atoms with E-state index in [1.807, 2.05) is 0 Å². The molecular formula is C20H28F2N2O3. The lowest BCUT2D eigenvalue weighted by Gasteiger charge is -2.31. The number of carbonyl (C=O) groups excluding carboxylic acids is 2. The van der Waals surface area contributed by atoms with Gasteiger partial charge in [0.1, 0.15) is 11.6 Å². The fraction of sp³-hybridized carbons (Fsp3) is 0.600. The number of unbranched alkanes of at least 4 members (excludes halogenated alkanes) is 1. The third-order valence-corrected chi connectivity index (χ3v) is 4.72. The average Bonchev–Trinajstić information content (AvgIpc) is 2.67. The van der Waals surface area contributed by atoms with Crippen LogP contribution in [-0.2, 0) is 9.53 Å². The van der Waals surface area contributed by atoms with Gasteiger partial charge in [-0.25, -0.2) is 8.78 Å². The summed E-state index contributed by atoms with van der Waals surface area (Å²) in [6.07, 6.45) is 3.99. The molecule has 2 rings (SSSR count). The van der Waals surface area contributed by atoms with Crippen molar-refractivity contribution in [3.8, 4) is 0 Å². The molecule has 1 aromatic carbocycles. The van der Waals surface area contributed by atoms with E-state index >= 15 is 0 Å². The maximum atomic E-state index is 13.8. The number of piperidine rings is 1. The summed E-state index contributed by atoms with van der Waals surface area (Å²) in [6.45, 7) is 4.84. The molecule has 150 valence electrons. The van der Waals surface area contributed by atoms with Crippen LogP contribution < -0.4 is 5.32 Å². The molecule has 0 aliphatic carbocycles. The topological polar surface area (TPSA) is 58.6 Å². The Kier molecular flexibility index (Phi) is 8.64. The Hall–Kier alpha value is -2.02. The number of nitrogens with one attached hydrogen (secondary N) is 1. The van der Waals surface area contributed by atoms with Gasteiger partial charge in [-0.15, -0.1) is 0 Å². The second-order valence-corrected chi connectivity index (χ2v) is 6.80. The summed E-state index contributed by atoms with van der Waals surface area (Å²) in [5.74, 6) is -2.19. The Morgan fingerprint density at radius 1 is 1.19 bits per heavy atom. The van der Waals surface area contributed by atoms with Crippen LogP contribution >= 0.6 is 0 Å². The first kappa shape index (κ1) is 21.3. The van der Waals surface area contributed by atoms with E-state index in [2.05, 4.69) is 12.2 Å². The highest BCUT2D eigenvalue weighted by Gasteiger charge is 2.28. The molecule has 1 N–H and O–H groups in total. The van der Waals surface area contributed by atoms with E-state index in [-0.39, 0.29) is 17.4 Å². The number of nitrogens with zero attached hydrogens (tertiary/aromatic N) is 1. The van der Waals surface area contributed by atoms with Crippen LogP contribution in [0.25, 0.3) is 0 Å². The van der Waals surface area contributed by atoms with Gasteiger partial charge in [0.15, 0.2) is 0 Å². The number of likely N-dealkylation sites (tertiary alicyclic amines) is 1. The van der Waals surface area contributed by atoms with Gasteiger partial charge in [-0.3, -0.25) is 9.59 Å². The molecule has 0 spiro atoms. The summed E-state index contributed by atoms with van der Waals surface area (Å²) in [5.41, 5.74) is -0.137. The van der Waals surface area contributed by atoms with Crippen LogP contribution in [0.15, 0.2) is 18.2 Å². The first-order chi connectivity index (χ1) is 13.0. The SMILES string of the molecule is CCCCOCCCNC(=O)C1CCN(C(=O)c2ccc(F)cc2F)CC1. The molecule has 0 radical (unpaired) electrons. The lowest BCUT2D eigenvalue weighted by atomic mass is 9.95. The van der Waals surface area contributed by atoms with Gasteiger partial charge in [-0.2, -0.15) is 0 Å². The highest BCUT2D eigenvalue weighted by atomic mass is 19.1. The van der Waals surface area contributed by atoms with Crippen LogP contribution in [0, 0.1) is 17.6 Å². The van der Waals surface area contributed by atoms with Crippen LogP contribution in [0.5, 0.6) is 0 Å². The predicted molar refractivity (Wildman–Crippen MR) is 98.3 cm³/mol. The molecule has 27 heavy (non-hydrogen) atoms. The Morgan fingerprint density at radius 3 is 2.56 bits per heavy atom. The Morgan fingerprint density at radius 2 is 1.89 bits per heavy atom. The van der Waals surface area contributed by atoms with Crippen LogP contribution in [0.3, 0.4) is 0 Å². The fourth-order valence-electron chi connectivity index (χ4n) is 3.06. The smallest absolute Gasteiger partial charge is 0.256 e. The molecular weight excluding hydrogens is 354 g/mol. The lowest BCUT2D eigenvalue weighted by molar-refractivity contribution is -0.126. The molecule has 7 heteroatoms. The summed E-state index contributed by atoms with van der Waals surface area (Å²) in [7, 11) is 0. The Labute approximate surface area is 159 Å². The summed E-state index contributed by atoms with van der Waals surface area (Å²) in [5, 5.41) is 2.91. The molecule has 0 atom stereocenters. The number of hydrogen-bond donors (Lipinski definition) is 1. The van der Waals surface area contributed by atoms with Crippen molar-refractivity contribution in [2.45, 2.75) is 39.0 Å². The molecule has 0 aromatic heterocycles. The summed E-state index contributed by atoms with van der Waals surface area (Å²) < 4.78 is 32.2. The predicted octanol–water partition coefficient (Wildman–Crippen LogP) is 3.14. The van der Waals surface area contributed by atoms with Crippen molar-refractivity contribution in [1.82, 2.24) is 10.2 Å². The minimum absolute atomic E-state index is 0.0105. The number of hydrogen-bond acceptors (Lipinski definition) is 3. The van der Waals surface area contributed by atoms with E-state index in [0.29, 0.717) is 45.1 Å². The van der Waals surface area contributed by atoms with Crippen molar-refractivity contribution >= 4 is 11.8 Å². The van der Waals surface area contributed by atoms with Gasteiger partial charge in [-0.1, -0.05) is 13.3 Å². The van der Waals surface area contributed by atoms with E-state index in [1.54, 1.807) is 0 Å². The van der Waals surface area contributed by atoms with Gasteiger partial charge < -0.3 is 15.0 Å². The molecule has 1 aliphatic heterocycles. The van der Waals surface area contributed by atoms with Gasteiger partial charge in [0.2, 0.25) is 5.91 Å². The van der Waals surface area contributed by atoms with Crippen molar-refractivity contribution in [3.05, 3.63) is 35.4 Å². The van der Waals surface area contributed by atoms with Crippen molar-refractivity contribution in [1.29, 1.82) is 0 Å². The van der Waals surface area contributed by atoms with Gasteiger partial charge in [0.25, 0.3) is 5.91 Å². The highest BCUT2D eigenvalue weighted by Crippen LogP contribution is 2.20. The molecule has 0 bridgehead atoms. The van der Waals surface area contributed by atoms with Crippen molar-refractivity contribution in [2.75, 3.05) is 32.8 Å². The monoisotopic (exact) mass is 382 g/mol. The lowest BCUT2D eigenvalue weighted by Crippen LogP contribution is -2.43. The van der Waals surface area contributed by atoms with Crippen molar-refractivity contribution in [2.24, 2.45) is 5.92 Å². The molecule has 1 saturated heterocycles. The number of halogens is 2. The molecule has 5 nitrogen and oxygen atoms in total. The van der Waals surface area contributed by atoms with Gasteiger partial charge >= 0.3 is 0 Å². The fourth-order valence-corrected chi connectivity index (χ4v) is 3.06. The van der Waals surface area contributed by atoms with Crippen molar-refractivity contribution < 1.29 is 23.1 Å². The van der Waals surface area contributed by atoms with Crippen molar-refractivity contribution in [3.63, 3.8) is 0 Å². The number of amides is 2. The van der Waals surface area contributed by atoms with E-state index in [9.17, 15) is 18.4 Å². The zero-order valence-electron chi connectivity index (χ0n) is 15.8. The van der Waals surface area contributed by atoms with Crippen LogP contribution in [-0.4, -0.2) is 49.6 Å².